The van der Waals surface area contributed by atoms with Gasteiger partial charge in [0.05, 0.1) is 0 Å². The number of nitrogens with two attached hydrogens (primary N) is 1. The number of phenols is 2. The molecule has 0 bridgehead atoms. The summed E-state index contributed by atoms with van der Waals surface area (Å²) in [6.45, 7) is 1.48. The van der Waals surface area contributed by atoms with E-state index in [1.165, 1.54) is 36.4 Å². The first-order chi connectivity index (χ1) is 13.1. The summed E-state index contributed by atoms with van der Waals surface area (Å²) in [4.78, 5) is 23.3. The van der Waals surface area contributed by atoms with Gasteiger partial charge in [-0.25, -0.2) is 0 Å². The Morgan fingerprint density at radius 3 is 1.79 bits per heavy atom. The van der Waals surface area contributed by atoms with Gasteiger partial charge in [-0.05, 0) is 36.4 Å². The van der Waals surface area contributed by atoms with E-state index in [0.717, 1.165) is 13.1 Å². The van der Waals surface area contributed by atoms with Gasteiger partial charge in [0.1, 0.15) is 23.6 Å². The van der Waals surface area contributed by atoms with Crippen molar-refractivity contribution in [3.8, 4) is 11.5 Å². The van der Waals surface area contributed by atoms with Gasteiger partial charge < -0.3 is 26.2 Å². The number of rotatable bonds is 5. The summed E-state index contributed by atoms with van der Waals surface area (Å²) >= 11 is 11.4. The van der Waals surface area contributed by atoms with Crippen LogP contribution >= 0.6 is 23.2 Å². The lowest BCUT2D eigenvalue weighted by Gasteiger charge is -2.15. The molecule has 3 rings (SSSR count). The number of carbonyl (C=O) groups is 2. The van der Waals surface area contributed by atoms with Gasteiger partial charge in [0, 0.05) is 34.3 Å². The van der Waals surface area contributed by atoms with E-state index >= 15 is 0 Å². The van der Waals surface area contributed by atoms with Crippen molar-refractivity contribution in [3.05, 3.63) is 57.6 Å². The second-order valence-corrected chi connectivity index (χ2v) is 6.87. The van der Waals surface area contributed by atoms with Crippen molar-refractivity contribution >= 4 is 35.1 Å². The standard InChI is InChI=1S/C10H10ClNO3.C8H8ClNO3/c11-6-1-2-8(13)7(5-6)9(10(14)15)12-3-4-12;9-4-1-2-6(11)5(3-4)7(10)8(12)13/h1-2,5,9,13H,3-4H2,(H,14,15);1-3,7,11H,10H2,(H,12,13). The van der Waals surface area contributed by atoms with Crippen LogP contribution in [0, 0.1) is 0 Å². The molecule has 6 N–H and O–H groups in total. The molecule has 2 atom stereocenters. The minimum Gasteiger partial charge on any atom is -0.508 e. The van der Waals surface area contributed by atoms with Crippen LogP contribution in [0.5, 0.6) is 11.5 Å². The molecule has 0 radical (unpaired) electrons. The summed E-state index contributed by atoms with van der Waals surface area (Å²) in [5.74, 6) is -2.37. The number of carboxylic acids is 2. The van der Waals surface area contributed by atoms with Gasteiger partial charge in [-0.15, -0.1) is 0 Å². The fourth-order valence-electron chi connectivity index (χ4n) is 2.45. The molecule has 1 saturated heterocycles. The number of halogens is 2. The molecule has 1 fully saturated rings. The van der Waals surface area contributed by atoms with Crippen LogP contribution in [0.2, 0.25) is 10.0 Å². The lowest BCUT2D eigenvalue weighted by Crippen LogP contribution is -2.20. The first-order valence-corrected chi connectivity index (χ1v) is 8.79. The number of phenolic OH excluding ortho intramolecular Hbond substituents is 2. The predicted octanol–water partition coefficient (Wildman–Crippen LogP) is 2.62. The third-order valence-electron chi connectivity index (χ3n) is 3.96. The summed E-state index contributed by atoms with van der Waals surface area (Å²) in [5.41, 5.74) is 5.75. The van der Waals surface area contributed by atoms with Gasteiger partial charge in [-0.3, -0.25) is 14.5 Å². The average Bonchev–Trinajstić information content (AvgIpc) is 3.44. The Kier molecular flexibility index (Phi) is 7.09. The van der Waals surface area contributed by atoms with Gasteiger partial charge in [0.15, 0.2) is 0 Å². The van der Waals surface area contributed by atoms with E-state index in [2.05, 4.69) is 0 Å². The van der Waals surface area contributed by atoms with E-state index < -0.39 is 24.0 Å². The van der Waals surface area contributed by atoms with Gasteiger partial charge in [0.2, 0.25) is 0 Å². The number of nitrogens with zero attached hydrogens (tertiary/aromatic N) is 1. The maximum absolute atomic E-state index is 11.0. The maximum atomic E-state index is 11.0. The van der Waals surface area contributed by atoms with Crippen LogP contribution < -0.4 is 5.73 Å². The Balaban J connectivity index is 0.000000203. The first-order valence-electron chi connectivity index (χ1n) is 8.04. The van der Waals surface area contributed by atoms with E-state index in [4.69, 9.17) is 39.1 Å². The van der Waals surface area contributed by atoms with Gasteiger partial charge >= 0.3 is 11.9 Å². The summed E-state index contributed by atoms with van der Waals surface area (Å²) in [6.07, 6.45) is 0. The number of carboxylic acid groups (broad SMARTS) is 2. The summed E-state index contributed by atoms with van der Waals surface area (Å²) in [6, 6.07) is 6.49. The molecule has 10 heteroatoms. The van der Waals surface area contributed by atoms with Crippen molar-refractivity contribution in [2.24, 2.45) is 5.73 Å². The van der Waals surface area contributed by atoms with Crippen LogP contribution in [0.1, 0.15) is 23.2 Å². The largest absolute Gasteiger partial charge is 0.508 e. The molecule has 2 unspecified atom stereocenters. The Morgan fingerprint density at radius 1 is 0.893 bits per heavy atom. The minimum absolute atomic E-state index is 0.0290. The zero-order chi connectivity index (χ0) is 21.0. The molecule has 0 saturated carbocycles. The van der Waals surface area contributed by atoms with Crippen molar-refractivity contribution in [1.29, 1.82) is 0 Å². The molecule has 1 aliphatic rings. The first kappa shape index (κ1) is 21.8. The van der Waals surface area contributed by atoms with Crippen LogP contribution in [-0.2, 0) is 9.59 Å². The quantitative estimate of drug-likeness (QED) is 0.457. The molecule has 1 aliphatic heterocycles. The SMILES string of the molecule is NC(C(=O)O)c1cc(Cl)ccc1O.O=C(O)C(c1cc(Cl)ccc1O)N1CC1. The van der Waals surface area contributed by atoms with E-state index in [1.807, 2.05) is 0 Å². The van der Waals surface area contributed by atoms with Crippen molar-refractivity contribution in [3.63, 3.8) is 0 Å². The summed E-state index contributed by atoms with van der Waals surface area (Å²) in [7, 11) is 0. The number of benzene rings is 2. The average molecular weight is 429 g/mol. The summed E-state index contributed by atoms with van der Waals surface area (Å²) in [5, 5.41) is 37.2. The maximum Gasteiger partial charge on any atom is 0.325 e. The Morgan fingerprint density at radius 2 is 1.36 bits per heavy atom. The Bertz CT molecular complexity index is 888. The Hall–Kier alpha value is -2.52. The van der Waals surface area contributed by atoms with Gasteiger partial charge in [-0.1, -0.05) is 23.2 Å². The third-order valence-corrected chi connectivity index (χ3v) is 4.43. The van der Waals surface area contributed by atoms with Gasteiger partial charge in [-0.2, -0.15) is 0 Å². The molecular formula is C18H18Cl2N2O6. The molecule has 2 aromatic carbocycles. The van der Waals surface area contributed by atoms with Crippen LogP contribution in [0.3, 0.4) is 0 Å². The molecule has 8 nitrogen and oxygen atoms in total. The smallest absolute Gasteiger partial charge is 0.325 e. The Labute approximate surface area is 170 Å². The second-order valence-electron chi connectivity index (χ2n) is 6.00. The highest BCUT2D eigenvalue weighted by Gasteiger charge is 2.36. The van der Waals surface area contributed by atoms with Crippen molar-refractivity contribution < 1.29 is 30.0 Å². The van der Waals surface area contributed by atoms with Crippen LogP contribution in [0.4, 0.5) is 0 Å². The fraction of sp³-hybridized carbons (Fsp3) is 0.222. The molecule has 2 aromatic rings. The van der Waals surface area contributed by atoms with E-state index in [0.29, 0.717) is 15.6 Å². The van der Waals surface area contributed by atoms with E-state index in [1.54, 1.807) is 4.90 Å². The number of hydrogen-bond donors (Lipinski definition) is 5. The second kappa shape index (κ2) is 9.11. The molecular weight excluding hydrogens is 411 g/mol. The van der Waals surface area contributed by atoms with Crippen molar-refractivity contribution in [1.82, 2.24) is 4.90 Å². The number of aliphatic carboxylic acids is 2. The van der Waals surface area contributed by atoms with Crippen LogP contribution in [0.25, 0.3) is 0 Å². The third kappa shape index (κ3) is 5.49. The molecule has 0 spiro atoms. The highest BCUT2D eigenvalue weighted by Crippen LogP contribution is 2.34. The van der Waals surface area contributed by atoms with E-state index in [9.17, 15) is 19.8 Å². The summed E-state index contributed by atoms with van der Waals surface area (Å²) < 4.78 is 0. The zero-order valence-corrected chi connectivity index (χ0v) is 15.9. The molecule has 1 heterocycles. The molecule has 0 aliphatic carbocycles. The molecule has 0 aromatic heterocycles. The van der Waals surface area contributed by atoms with Gasteiger partial charge in [0.25, 0.3) is 0 Å². The number of aromatic hydroxyl groups is 2. The predicted molar refractivity (Wildman–Crippen MR) is 103 cm³/mol. The van der Waals surface area contributed by atoms with Crippen molar-refractivity contribution in [2.75, 3.05) is 13.1 Å². The molecule has 0 amide bonds. The topological polar surface area (TPSA) is 144 Å². The number of hydrogen-bond acceptors (Lipinski definition) is 6. The fourth-order valence-corrected chi connectivity index (χ4v) is 2.81. The van der Waals surface area contributed by atoms with E-state index in [-0.39, 0.29) is 17.1 Å². The highest BCUT2D eigenvalue weighted by atomic mass is 35.5. The van der Waals surface area contributed by atoms with Crippen LogP contribution in [-0.4, -0.2) is 50.4 Å². The lowest BCUT2D eigenvalue weighted by molar-refractivity contribution is -0.141. The highest BCUT2D eigenvalue weighted by molar-refractivity contribution is 6.31. The van der Waals surface area contributed by atoms with Crippen LogP contribution in [0.15, 0.2) is 36.4 Å². The lowest BCUT2D eigenvalue weighted by atomic mass is 10.1. The molecule has 150 valence electrons. The normalized spacial score (nSPS) is 15.1. The molecule has 28 heavy (non-hydrogen) atoms. The zero-order valence-electron chi connectivity index (χ0n) is 14.4. The van der Waals surface area contributed by atoms with Crippen molar-refractivity contribution in [2.45, 2.75) is 12.1 Å². The minimum atomic E-state index is -1.25. The monoisotopic (exact) mass is 428 g/mol.